The third-order valence-corrected chi connectivity index (χ3v) is 4.51. The number of amides is 1. The number of carbonyl (C=O) groups excluding carboxylic acids is 1. The molecule has 3 rings (SSSR count). The van der Waals surface area contributed by atoms with Crippen molar-refractivity contribution in [2.24, 2.45) is 0 Å². The van der Waals surface area contributed by atoms with Gasteiger partial charge in [-0.05, 0) is 18.6 Å². The van der Waals surface area contributed by atoms with Gasteiger partial charge in [-0.15, -0.1) is 0 Å². The fourth-order valence-electron chi connectivity index (χ4n) is 2.75. The van der Waals surface area contributed by atoms with E-state index in [2.05, 4.69) is 20.4 Å². The van der Waals surface area contributed by atoms with Gasteiger partial charge < -0.3 is 15.2 Å². The normalized spacial score (nSPS) is 11.6. The predicted molar refractivity (Wildman–Crippen MR) is 106 cm³/mol. The maximum absolute atomic E-state index is 12.7. The lowest BCUT2D eigenvalue weighted by Crippen LogP contribution is -2.26. The number of aliphatic hydroxyl groups is 1. The van der Waals surface area contributed by atoms with Crippen LogP contribution in [0.15, 0.2) is 30.7 Å². The minimum absolute atomic E-state index is 0.00381. The third kappa shape index (κ3) is 6.05. The Morgan fingerprint density at radius 3 is 2.84 bits per heavy atom. The lowest BCUT2D eigenvalue weighted by atomic mass is 10.2. The molecule has 0 spiro atoms. The summed E-state index contributed by atoms with van der Waals surface area (Å²) in [6.45, 7) is 0.713. The van der Waals surface area contributed by atoms with E-state index in [0.717, 1.165) is 6.07 Å². The molecular formula is C19H19ClF3N5O3. The number of nitrogens with one attached hydrogen (secondary N) is 1. The van der Waals surface area contributed by atoms with Crippen molar-refractivity contribution in [1.29, 1.82) is 0 Å². The molecular weight excluding hydrogens is 439 g/mol. The molecule has 2 N–H and O–H groups in total. The minimum atomic E-state index is -4.54. The highest BCUT2D eigenvalue weighted by molar-refractivity contribution is 6.31. The van der Waals surface area contributed by atoms with Gasteiger partial charge in [-0.2, -0.15) is 18.3 Å². The molecule has 3 aromatic heterocycles. The maximum atomic E-state index is 12.7. The van der Waals surface area contributed by atoms with Crippen molar-refractivity contribution >= 4 is 28.4 Å². The molecule has 3 heterocycles. The summed E-state index contributed by atoms with van der Waals surface area (Å²) in [5, 5.41) is 16.3. The van der Waals surface area contributed by atoms with E-state index in [9.17, 15) is 18.0 Å². The molecule has 31 heavy (non-hydrogen) atoms. The van der Waals surface area contributed by atoms with Crippen molar-refractivity contribution in [3.63, 3.8) is 0 Å². The summed E-state index contributed by atoms with van der Waals surface area (Å²) in [5.74, 6) is -0.319. The number of halogens is 4. The SMILES string of the molecule is O=C(Cc1nccc2nn(CCOc3ncc(C(F)(F)F)cc3Cl)cc12)NCCCO. The number of fused-ring (bicyclic) bond motifs is 1. The summed E-state index contributed by atoms with van der Waals surface area (Å²) >= 11 is 5.83. The number of hydrogen-bond donors (Lipinski definition) is 2. The average Bonchev–Trinajstić information content (AvgIpc) is 3.12. The molecule has 3 aromatic rings. The molecule has 0 aliphatic rings. The second kappa shape index (κ2) is 9.92. The van der Waals surface area contributed by atoms with Crippen molar-refractivity contribution in [2.75, 3.05) is 19.8 Å². The molecule has 0 radical (unpaired) electrons. The van der Waals surface area contributed by atoms with Gasteiger partial charge in [0.25, 0.3) is 0 Å². The van der Waals surface area contributed by atoms with Crippen LogP contribution in [0.4, 0.5) is 13.2 Å². The molecule has 0 aliphatic carbocycles. The van der Waals surface area contributed by atoms with Crippen LogP contribution in [0.5, 0.6) is 5.88 Å². The number of alkyl halides is 3. The molecule has 0 fully saturated rings. The van der Waals surface area contributed by atoms with Crippen LogP contribution >= 0.6 is 11.6 Å². The van der Waals surface area contributed by atoms with Gasteiger partial charge in [0.2, 0.25) is 11.8 Å². The molecule has 8 nitrogen and oxygen atoms in total. The van der Waals surface area contributed by atoms with E-state index in [1.165, 1.54) is 0 Å². The van der Waals surface area contributed by atoms with Crippen LogP contribution < -0.4 is 10.1 Å². The topological polar surface area (TPSA) is 102 Å². The fraction of sp³-hybridized carbons (Fsp3) is 0.368. The number of ether oxygens (including phenoxy) is 1. The number of pyridine rings is 2. The molecule has 0 aromatic carbocycles. The first kappa shape index (κ1) is 22.8. The Morgan fingerprint density at radius 1 is 1.32 bits per heavy atom. The van der Waals surface area contributed by atoms with Crippen LogP contribution in [0, 0.1) is 0 Å². The second-order valence-electron chi connectivity index (χ2n) is 6.54. The molecule has 0 unspecified atom stereocenters. The van der Waals surface area contributed by atoms with Crippen LogP contribution in [0.1, 0.15) is 17.7 Å². The summed E-state index contributed by atoms with van der Waals surface area (Å²) in [7, 11) is 0. The third-order valence-electron chi connectivity index (χ3n) is 4.24. The van der Waals surface area contributed by atoms with Crippen LogP contribution in [0.3, 0.4) is 0 Å². The average molecular weight is 458 g/mol. The van der Waals surface area contributed by atoms with Crippen molar-refractivity contribution in [2.45, 2.75) is 25.6 Å². The van der Waals surface area contributed by atoms with Gasteiger partial charge >= 0.3 is 6.18 Å². The zero-order valence-corrected chi connectivity index (χ0v) is 16.9. The number of aromatic nitrogens is 4. The Labute approximate surface area is 180 Å². The monoisotopic (exact) mass is 457 g/mol. The van der Waals surface area contributed by atoms with Crippen LogP contribution in [0.2, 0.25) is 5.02 Å². The second-order valence-corrected chi connectivity index (χ2v) is 6.95. The molecule has 0 aliphatic heterocycles. The predicted octanol–water partition coefficient (Wildman–Crippen LogP) is 2.62. The fourth-order valence-corrected chi connectivity index (χ4v) is 2.97. The van der Waals surface area contributed by atoms with Crippen molar-refractivity contribution < 1.29 is 27.8 Å². The van der Waals surface area contributed by atoms with Gasteiger partial charge in [0.15, 0.2) is 0 Å². The Morgan fingerprint density at radius 2 is 2.13 bits per heavy atom. The number of nitrogens with zero attached hydrogens (tertiary/aromatic N) is 4. The molecule has 166 valence electrons. The Kier molecular flexibility index (Phi) is 7.29. The first-order chi connectivity index (χ1) is 14.8. The summed E-state index contributed by atoms with van der Waals surface area (Å²) < 4.78 is 45.0. The van der Waals surface area contributed by atoms with Gasteiger partial charge in [-0.3, -0.25) is 14.5 Å². The van der Waals surface area contributed by atoms with Crippen LogP contribution in [-0.2, 0) is 23.9 Å². The molecule has 1 amide bonds. The van der Waals surface area contributed by atoms with Crippen molar-refractivity contribution in [1.82, 2.24) is 25.1 Å². The summed E-state index contributed by atoms with van der Waals surface area (Å²) in [4.78, 5) is 19.9. The first-order valence-corrected chi connectivity index (χ1v) is 9.70. The zero-order valence-electron chi connectivity index (χ0n) is 16.2. The van der Waals surface area contributed by atoms with E-state index in [1.54, 1.807) is 23.1 Å². The number of rotatable bonds is 9. The highest BCUT2D eigenvalue weighted by atomic mass is 35.5. The van der Waals surface area contributed by atoms with Crippen LogP contribution in [-0.4, -0.2) is 50.5 Å². The standard InChI is InChI=1S/C19H19ClF3N5O3/c20-14-8-12(19(21,22)23)10-26-18(14)31-7-5-28-11-13-15(27-28)2-4-24-16(13)9-17(30)25-3-1-6-29/h2,4,8,10-11,29H,1,3,5-7,9H2,(H,25,30). The van der Waals surface area contributed by atoms with Gasteiger partial charge in [0.05, 0.1) is 29.7 Å². The van der Waals surface area contributed by atoms with E-state index >= 15 is 0 Å². The van der Waals surface area contributed by atoms with Gasteiger partial charge in [-0.1, -0.05) is 11.6 Å². The van der Waals surface area contributed by atoms with Crippen LogP contribution in [0.25, 0.3) is 10.9 Å². The molecule has 12 heteroatoms. The maximum Gasteiger partial charge on any atom is 0.417 e. The largest absolute Gasteiger partial charge is 0.475 e. The lowest BCUT2D eigenvalue weighted by molar-refractivity contribution is -0.137. The van der Waals surface area contributed by atoms with Crippen molar-refractivity contribution in [3.05, 3.63) is 47.0 Å². The van der Waals surface area contributed by atoms with Gasteiger partial charge in [0, 0.05) is 37.1 Å². The Bertz CT molecular complexity index is 1060. The van der Waals surface area contributed by atoms with E-state index in [0.29, 0.717) is 35.8 Å². The van der Waals surface area contributed by atoms with E-state index < -0.39 is 11.7 Å². The van der Waals surface area contributed by atoms with E-state index in [4.69, 9.17) is 21.4 Å². The smallest absolute Gasteiger partial charge is 0.417 e. The van der Waals surface area contributed by atoms with E-state index in [-0.39, 0.29) is 43.0 Å². The zero-order chi connectivity index (χ0) is 22.4. The molecule has 0 saturated carbocycles. The number of aliphatic hydroxyl groups excluding tert-OH is 1. The van der Waals surface area contributed by atoms with Gasteiger partial charge in [-0.25, -0.2) is 4.98 Å². The Hall–Kier alpha value is -2.92. The number of carbonyl (C=O) groups is 1. The molecule has 0 atom stereocenters. The highest BCUT2D eigenvalue weighted by Gasteiger charge is 2.31. The van der Waals surface area contributed by atoms with E-state index in [1.807, 2.05) is 0 Å². The summed E-state index contributed by atoms with van der Waals surface area (Å²) in [5.41, 5.74) is 0.237. The lowest BCUT2D eigenvalue weighted by Gasteiger charge is -2.10. The quantitative estimate of drug-likeness (QED) is 0.479. The summed E-state index contributed by atoms with van der Waals surface area (Å²) in [6, 6.07) is 2.46. The minimum Gasteiger partial charge on any atom is -0.475 e. The highest BCUT2D eigenvalue weighted by Crippen LogP contribution is 2.33. The summed E-state index contributed by atoms with van der Waals surface area (Å²) in [6.07, 6.45) is -0.0733. The first-order valence-electron chi connectivity index (χ1n) is 9.32. The van der Waals surface area contributed by atoms with Gasteiger partial charge in [0.1, 0.15) is 11.6 Å². The van der Waals surface area contributed by atoms with Crippen molar-refractivity contribution in [3.8, 4) is 5.88 Å². The number of hydrogen-bond acceptors (Lipinski definition) is 6. The Balaban J connectivity index is 1.62. The molecule has 0 saturated heterocycles. The molecule has 0 bridgehead atoms.